The molecule has 0 bridgehead atoms. The highest BCUT2D eigenvalue weighted by Crippen LogP contribution is 2.32. The monoisotopic (exact) mass is 557 g/mol. The number of anilines is 2. The number of hydrogen-bond acceptors (Lipinski definition) is 5. The van der Waals surface area contributed by atoms with Crippen LogP contribution in [0.25, 0.3) is 11.2 Å². The van der Waals surface area contributed by atoms with Crippen molar-refractivity contribution in [2.24, 2.45) is 7.05 Å². The largest absolute Gasteiger partial charge is 0.457 e. The molecule has 2 aromatic heterocycles. The Hall–Kier alpha value is -4.11. The minimum atomic E-state index is -0.384. The number of hydrogen-bond donors (Lipinski definition) is 0. The maximum absolute atomic E-state index is 13.6. The molecule has 0 saturated carbocycles. The Morgan fingerprint density at radius 3 is 2.32 bits per heavy atom. The first kappa shape index (κ1) is 23.3. The minimum Gasteiger partial charge on any atom is -0.457 e. The van der Waals surface area contributed by atoms with Gasteiger partial charge in [0.05, 0.1) is 6.54 Å². The first-order chi connectivity index (χ1) is 18.0. The summed E-state index contributed by atoms with van der Waals surface area (Å²) in [6.07, 6.45) is 0.843. The van der Waals surface area contributed by atoms with Crippen LogP contribution in [0.15, 0.2) is 92.9 Å². The summed E-state index contributed by atoms with van der Waals surface area (Å²) in [4.78, 5) is 33.6. The van der Waals surface area contributed by atoms with Crippen molar-refractivity contribution in [2.45, 2.75) is 19.5 Å². The molecule has 0 amide bonds. The van der Waals surface area contributed by atoms with Crippen molar-refractivity contribution in [1.82, 2.24) is 18.7 Å². The van der Waals surface area contributed by atoms with E-state index in [0.717, 1.165) is 40.2 Å². The second-order valence-corrected chi connectivity index (χ2v) is 9.92. The summed E-state index contributed by atoms with van der Waals surface area (Å²) >= 11 is 3.43. The Balaban J connectivity index is 1.38. The van der Waals surface area contributed by atoms with Gasteiger partial charge in [0.15, 0.2) is 11.2 Å². The molecule has 0 atom stereocenters. The quantitative estimate of drug-likeness (QED) is 0.302. The first-order valence-electron chi connectivity index (χ1n) is 12.0. The zero-order valence-electron chi connectivity index (χ0n) is 20.2. The molecule has 0 N–H and O–H groups in total. The number of aromatic nitrogens is 4. The van der Waals surface area contributed by atoms with Crippen molar-refractivity contribution in [1.29, 1.82) is 0 Å². The van der Waals surface area contributed by atoms with Gasteiger partial charge in [-0.3, -0.25) is 13.9 Å². The van der Waals surface area contributed by atoms with Gasteiger partial charge in [0.1, 0.15) is 11.5 Å². The fourth-order valence-corrected chi connectivity index (χ4v) is 5.00. The van der Waals surface area contributed by atoms with Crippen molar-refractivity contribution in [3.8, 4) is 11.5 Å². The van der Waals surface area contributed by atoms with Gasteiger partial charge in [-0.05, 0) is 60.5 Å². The van der Waals surface area contributed by atoms with Crippen molar-refractivity contribution in [3.05, 3.63) is 110 Å². The molecule has 0 saturated heterocycles. The van der Waals surface area contributed by atoms with Gasteiger partial charge >= 0.3 is 5.69 Å². The Bertz CT molecular complexity index is 1700. The highest BCUT2D eigenvalue weighted by Gasteiger charge is 2.27. The maximum atomic E-state index is 13.6. The molecule has 5 aromatic rings. The molecule has 6 rings (SSSR count). The third-order valence-corrected chi connectivity index (χ3v) is 7.13. The molecule has 8 nitrogen and oxygen atoms in total. The number of halogens is 1. The molecular formula is C28H24BrN5O3. The van der Waals surface area contributed by atoms with Gasteiger partial charge in [-0.25, -0.2) is 4.79 Å². The van der Waals surface area contributed by atoms with E-state index < -0.39 is 0 Å². The summed E-state index contributed by atoms with van der Waals surface area (Å²) in [6, 6.07) is 25.1. The van der Waals surface area contributed by atoms with Crippen LogP contribution in [-0.4, -0.2) is 25.2 Å². The number of fused-ring (bicyclic) bond motifs is 3. The number of para-hydroxylation sites is 1. The number of imidazole rings is 1. The van der Waals surface area contributed by atoms with Gasteiger partial charge in [0.25, 0.3) is 5.56 Å². The van der Waals surface area contributed by atoms with Crippen LogP contribution >= 0.6 is 15.9 Å². The normalized spacial score (nSPS) is 13.1. The van der Waals surface area contributed by atoms with E-state index in [1.165, 1.54) is 9.13 Å². The topological polar surface area (TPSA) is 74.3 Å². The second kappa shape index (κ2) is 9.40. The number of rotatable bonds is 5. The molecule has 37 heavy (non-hydrogen) atoms. The third kappa shape index (κ3) is 4.25. The first-order valence-corrected chi connectivity index (χ1v) is 12.8. The lowest BCUT2D eigenvalue weighted by atomic mass is 10.2. The Morgan fingerprint density at radius 2 is 1.59 bits per heavy atom. The van der Waals surface area contributed by atoms with Gasteiger partial charge in [0.2, 0.25) is 5.95 Å². The van der Waals surface area contributed by atoms with Crippen molar-refractivity contribution < 1.29 is 4.74 Å². The molecule has 0 aliphatic carbocycles. The van der Waals surface area contributed by atoms with E-state index in [-0.39, 0.29) is 17.8 Å². The highest BCUT2D eigenvalue weighted by molar-refractivity contribution is 9.10. The smallest absolute Gasteiger partial charge is 0.332 e. The van der Waals surface area contributed by atoms with Crippen LogP contribution in [-0.2, 0) is 20.1 Å². The average molecular weight is 558 g/mol. The lowest BCUT2D eigenvalue weighted by Crippen LogP contribution is -2.40. The van der Waals surface area contributed by atoms with Gasteiger partial charge in [-0.1, -0.05) is 46.3 Å². The Labute approximate surface area is 221 Å². The summed E-state index contributed by atoms with van der Waals surface area (Å²) in [5.74, 6) is 2.17. The van der Waals surface area contributed by atoms with Crippen LogP contribution in [0.2, 0.25) is 0 Å². The SMILES string of the molecule is Cn1c(=O)n(Cc2ccc(Br)cc2)c(=O)c2c1nc1n2CCCN1c1ccc(Oc2ccccc2)cc1. The Kier molecular flexibility index (Phi) is 5.92. The fourth-order valence-electron chi connectivity index (χ4n) is 4.74. The van der Waals surface area contributed by atoms with E-state index in [2.05, 4.69) is 20.8 Å². The van der Waals surface area contributed by atoms with Crippen LogP contribution in [0.5, 0.6) is 11.5 Å². The van der Waals surface area contributed by atoms with E-state index in [1.807, 2.05) is 83.4 Å². The van der Waals surface area contributed by atoms with E-state index in [9.17, 15) is 9.59 Å². The van der Waals surface area contributed by atoms with Crippen LogP contribution in [0.3, 0.4) is 0 Å². The lowest BCUT2D eigenvalue weighted by molar-refractivity contribution is 0.482. The maximum Gasteiger partial charge on any atom is 0.332 e. The molecule has 1 aliphatic rings. The summed E-state index contributed by atoms with van der Waals surface area (Å²) in [6.45, 7) is 1.61. The van der Waals surface area contributed by atoms with Crippen LogP contribution in [0.4, 0.5) is 11.6 Å². The van der Waals surface area contributed by atoms with E-state index in [1.54, 1.807) is 7.05 Å². The van der Waals surface area contributed by atoms with E-state index in [4.69, 9.17) is 9.72 Å². The molecule has 0 unspecified atom stereocenters. The van der Waals surface area contributed by atoms with E-state index >= 15 is 0 Å². The number of nitrogens with zero attached hydrogens (tertiary/aromatic N) is 5. The molecular weight excluding hydrogens is 534 g/mol. The molecule has 1 aliphatic heterocycles. The predicted molar refractivity (Wildman–Crippen MR) is 147 cm³/mol. The van der Waals surface area contributed by atoms with Gasteiger partial charge in [-0.2, -0.15) is 4.98 Å². The second-order valence-electron chi connectivity index (χ2n) is 9.01. The van der Waals surface area contributed by atoms with Gasteiger partial charge in [-0.15, -0.1) is 0 Å². The lowest BCUT2D eigenvalue weighted by Gasteiger charge is -2.29. The van der Waals surface area contributed by atoms with Crippen molar-refractivity contribution in [3.63, 3.8) is 0 Å². The van der Waals surface area contributed by atoms with Crippen molar-refractivity contribution >= 4 is 38.7 Å². The molecule has 9 heteroatoms. The van der Waals surface area contributed by atoms with Gasteiger partial charge < -0.3 is 14.2 Å². The molecule has 3 aromatic carbocycles. The van der Waals surface area contributed by atoms with Crippen LogP contribution in [0, 0.1) is 0 Å². The zero-order valence-corrected chi connectivity index (χ0v) is 21.8. The summed E-state index contributed by atoms with van der Waals surface area (Å²) in [5.41, 5.74) is 1.95. The predicted octanol–water partition coefficient (Wildman–Crippen LogP) is 5.04. The summed E-state index contributed by atoms with van der Waals surface area (Å²) < 4.78 is 11.6. The third-order valence-electron chi connectivity index (χ3n) is 6.60. The fraction of sp³-hybridized carbons (Fsp3) is 0.179. The molecule has 0 fully saturated rings. The molecule has 186 valence electrons. The van der Waals surface area contributed by atoms with Crippen LogP contribution in [0.1, 0.15) is 12.0 Å². The Morgan fingerprint density at radius 1 is 0.892 bits per heavy atom. The minimum absolute atomic E-state index is 0.196. The van der Waals surface area contributed by atoms with E-state index in [0.29, 0.717) is 23.7 Å². The average Bonchev–Trinajstić information content (AvgIpc) is 3.32. The molecule has 0 radical (unpaired) electrons. The number of ether oxygens (including phenoxy) is 1. The highest BCUT2D eigenvalue weighted by atomic mass is 79.9. The van der Waals surface area contributed by atoms with Crippen molar-refractivity contribution in [2.75, 3.05) is 11.4 Å². The molecule has 0 spiro atoms. The van der Waals surface area contributed by atoms with Crippen LogP contribution < -0.4 is 20.9 Å². The van der Waals surface area contributed by atoms with Gasteiger partial charge in [0, 0.05) is 30.3 Å². The number of benzene rings is 3. The summed E-state index contributed by atoms with van der Waals surface area (Å²) in [7, 11) is 1.67. The summed E-state index contributed by atoms with van der Waals surface area (Å²) in [5, 5.41) is 0. The molecule has 3 heterocycles. The standard InChI is InChI=1S/C28H24BrN5O3/c1-31-25-24(26(35)34(28(31)36)18-19-8-10-20(29)11-9-19)33-17-5-16-32(27(33)30-25)21-12-14-23(15-13-21)37-22-6-3-2-4-7-22/h2-4,6-15H,5,16-18H2,1H3. The number of aryl methyl sites for hydroxylation is 2. The zero-order chi connectivity index (χ0) is 25.5.